The number of rotatable bonds is 2. The van der Waals surface area contributed by atoms with Gasteiger partial charge in [0.15, 0.2) is 0 Å². The Morgan fingerprint density at radius 1 is 1.32 bits per heavy atom. The zero-order chi connectivity index (χ0) is 15.5. The highest BCUT2D eigenvalue weighted by Gasteiger charge is 2.07. The number of amides is 1. The fraction of sp³-hybridized carbons (Fsp3) is 0.0625. The third-order valence-electron chi connectivity index (χ3n) is 2.95. The number of nitrogens with two attached hydrogens (primary N) is 1. The molecule has 0 unspecified atom stereocenters. The Balaban J connectivity index is 2.02. The first-order valence-corrected chi connectivity index (χ1v) is 7.24. The molecule has 0 saturated carbocycles. The summed E-state index contributed by atoms with van der Waals surface area (Å²) in [7, 11) is 0. The maximum atomic E-state index is 10.7. The molecule has 0 atom stereocenters. The fourth-order valence-electron chi connectivity index (χ4n) is 1.95. The number of pyridine rings is 1. The molecule has 6 heteroatoms. The van der Waals surface area contributed by atoms with Crippen LogP contribution in [0.4, 0.5) is 0 Å². The van der Waals surface area contributed by atoms with E-state index >= 15 is 0 Å². The van der Waals surface area contributed by atoms with E-state index in [1.54, 1.807) is 12.4 Å². The van der Waals surface area contributed by atoms with Crippen molar-refractivity contribution in [1.82, 2.24) is 9.97 Å². The van der Waals surface area contributed by atoms with Crippen molar-refractivity contribution in [3.63, 3.8) is 0 Å². The number of aliphatic hydroxyl groups is 1. The molecule has 0 aliphatic heterocycles. The van der Waals surface area contributed by atoms with Crippen molar-refractivity contribution < 1.29 is 9.90 Å². The molecule has 22 heavy (non-hydrogen) atoms. The Kier molecular flexibility index (Phi) is 3.83. The van der Waals surface area contributed by atoms with Gasteiger partial charge in [0.1, 0.15) is 5.01 Å². The Hall–Kier alpha value is -2.75. The highest BCUT2D eigenvalue weighted by atomic mass is 32.1. The van der Waals surface area contributed by atoms with Gasteiger partial charge >= 0.3 is 0 Å². The number of nitrogens with zero attached hydrogens (tertiary/aromatic N) is 2. The number of carbonyl (C=O) groups excluding carboxylic acids is 1. The minimum atomic E-state index is -0.679. The van der Waals surface area contributed by atoms with E-state index in [1.165, 1.54) is 11.3 Å². The van der Waals surface area contributed by atoms with Gasteiger partial charge in [0.25, 0.3) is 5.91 Å². The molecule has 2 aromatic heterocycles. The lowest BCUT2D eigenvalue weighted by molar-refractivity contribution is -0.112. The first-order valence-electron chi connectivity index (χ1n) is 6.43. The third kappa shape index (κ3) is 2.96. The van der Waals surface area contributed by atoms with Gasteiger partial charge in [-0.15, -0.1) is 11.3 Å². The maximum Gasteiger partial charge on any atom is 0.293 e. The average molecular weight is 309 g/mol. The minimum absolute atomic E-state index is 0.0114. The molecule has 0 saturated heterocycles. The van der Waals surface area contributed by atoms with Crippen molar-refractivity contribution in [2.45, 2.75) is 6.61 Å². The smallest absolute Gasteiger partial charge is 0.293 e. The van der Waals surface area contributed by atoms with E-state index in [9.17, 15) is 9.90 Å². The van der Waals surface area contributed by atoms with Crippen LogP contribution in [0.5, 0.6) is 0 Å². The summed E-state index contributed by atoms with van der Waals surface area (Å²) in [5.41, 5.74) is 8.09. The standard InChI is InChI=1S/C16H11N3O2S/c17-15(21)4-2-10-5-12(8-18-7-10)16-19-13-6-11(9-20)1-3-14(13)22-16/h1,3,5-8,20H,9H2,(H2,17,21). The molecule has 0 radical (unpaired) electrons. The van der Waals surface area contributed by atoms with Crippen LogP contribution >= 0.6 is 11.3 Å². The molecule has 0 aliphatic rings. The second-order valence-corrected chi connectivity index (χ2v) is 5.59. The summed E-state index contributed by atoms with van der Waals surface area (Å²) in [6.07, 6.45) is 3.26. The Morgan fingerprint density at radius 3 is 2.95 bits per heavy atom. The van der Waals surface area contributed by atoms with E-state index in [0.717, 1.165) is 26.4 Å². The van der Waals surface area contributed by atoms with Crippen molar-refractivity contribution >= 4 is 27.5 Å². The lowest BCUT2D eigenvalue weighted by Crippen LogP contribution is -2.06. The number of hydrogen-bond donors (Lipinski definition) is 2. The lowest BCUT2D eigenvalue weighted by Gasteiger charge is -1.95. The summed E-state index contributed by atoms with van der Waals surface area (Å²) in [5.74, 6) is 4.27. The van der Waals surface area contributed by atoms with Gasteiger partial charge < -0.3 is 10.8 Å². The number of aliphatic hydroxyl groups excluding tert-OH is 1. The zero-order valence-corrected chi connectivity index (χ0v) is 12.2. The van der Waals surface area contributed by atoms with E-state index in [-0.39, 0.29) is 6.61 Å². The summed E-state index contributed by atoms with van der Waals surface area (Å²) in [4.78, 5) is 19.4. The van der Waals surface area contributed by atoms with E-state index in [4.69, 9.17) is 5.73 Å². The van der Waals surface area contributed by atoms with Gasteiger partial charge in [0, 0.05) is 29.4 Å². The van der Waals surface area contributed by atoms with Crippen molar-refractivity contribution in [3.8, 4) is 22.4 Å². The third-order valence-corrected chi connectivity index (χ3v) is 4.04. The molecule has 1 aromatic carbocycles. The number of carbonyl (C=O) groups is 1. The zero-order valence-electron chi connectivity index (χ0n) is 11.4. The van der Waals surface area contributed by atoms with Crippen molar-refractivity contribution in [2.75, 3.05) is 0 Å². The molecule has 0 spiro atoms. The predicted molar refractivity (Wildman–Crippen MR) is 84.8 cm³/mol. The molecule has 3 aromatic rings. The van der Waals surface area contributed by atoms with Gasteiger partial charge in [-0.05, 0) is 23.8 Å². The molecule has 1 amide bonds. The molecular weight excluding hydrogens is 298 g/mol. The van der Waals surface area contributed by atoms with Crippen molar-refractivity contribution in [2.24, 2.45) is 5.73 Å². The fourth-order valence-corrected chi connectivity index (χ4v) is 2.88. The summed E-state index contributed by atoms with van der Waals surface area (Å²) in [6.45, 7) is -0.0114. The van der Waals surface area contributed by atoms with Gasteiger partial charge in [0.05, 0.1) is 16.8 Å². The van der Waals surface area contributed by atoms with Crippen molar-refractivity contribution in [3.05, 3.63) is 47.8 Å². The van der Waals surface area contributed by atoms with Gasteiger partial charge in [-0.25, -0.2) is 4.98 Å². The van der Waals surface area contributed by atoms with Crippen LogP contribution in [0.2, 0.25) is 0 Å². The summed E-state index contributed by atoms with van der Waals surface area (Å²) in [6, 6.07) is 7.48. The SMILES string of the molecule is NC(=O)C#Cc1cncc(-c2nc3cc(CO)ccc3s2)c1. The normalized spacial score (nSPS) is 10.2. The second-order valence-electron chi connectivity index (χ2n) is 4.56. The minimum Gasteiger partial charge on any atom is -0.392 e. The van der Waals surface area contributed by atoms with Gasteiger partial charge in [-0.2, -0.15) is 0 Å². The van der Waals surface area contributed by atoms with Crippen LogP contribution in [-0.2, 0) is 11.4 Å². The average Bonchev–Trinajstić information content (AvgIpc) is 2.96. The quantitative estimate of drug-likeness (QED) is 0.705. The lowest BCUT2D eigenvalue weighted by atomic mass is 10.2. The Labute approximate surface area is 130 Å². The van der Waals surface area contributed by atoms with Crippen LogP contribution in [-0.4, -0.2) is 21.0 Å². The van der Waals surface area contributed by atoms with E-state index in [2.05, 4.69) is 21.8 Å². The number of primary amides is 1. The molecule has 0 aliphatic carbocycles. The topological polar surface area (TPSA) is 89.1 Å². The van der Waals surface area contributed by atoms with E-state index in [1.807, 2.05) is 24.3 Å². The summed E-state index contributed by atoms with van der Waals surface area (Å²) >= 11 is 1.53. The van der Waals surface area contributed by atoms with Crippen molar-refractivity contribution in [1.29, 1.82) is 0 Å². The summed E-state index contributed by atoms with van der Waals surface area (Å²) in [5, 5.41) is 9.98. The molecule has 3 N–H and O–H groups in total. The molecule has 0 fully saturated rings. The molecule has 3 rings (SSSR count). The van der Waals surface area contributed by atoms with Crippen LogP contribution < -0.4 is 5.73 Å². The van der Waals surface area contributed by atoms with E-state index < -0.39 is 5.91 Å². The molecule has 108 valence electrons. The molecule has 5 nitrogen and oxygen atoms in total. The summed E-state index contributed by atoms with van der Waals surface area (Å²) < 4.78 is 1.03. The number of thiazole rings is 1. The number of hydrogen-bond acceptors (Lipinski definition) is 5. The molecule has 0 bridgehead atoms. The second kappa shape index (κ2) is 5.93. The monoisotopic (exact) mass is 309 g/mol. The van der Waals surface area contributed by atoms with Gasteiger partial charge in [-0.1, -0.05) is 12.0 Å². The number of aromatic nitrogens is 2. The van der Waals surface area contributed by atoms with Crippen LogP contribution in [0.15, 0.2) is 36.7 Å². The number of fused-ring (bicyclic) bond motifs is 1. The molecular formula is C16H11N3O2S. The number of benzene rings is 1. The van der Waals surface area contributed by atoms with Gasteiger partial charge in [0.2, 0.25) is 0 Å². The predicted octanol–water partition coefficient (Wildman–Crippen LogP) is 1.69. The Morgan fingerprint density at radius 2 is 2.18 bits per heavy atom. The van der Waals surface area contributed by atoms with Crippen LogP contribution in [0.25, 0.3) is 20.8 Å². The molecule has 2 heterocycles. The first kappa shape index (κ1) is 14.2. The van der Waals surface area contributed by atoms with E-state index in [0.29, 0.717) is 5.56 Å². The highest BCUT2D eigenvalue weighted by molar-refractivity contribution is 7.21. The Bertz CT molecular complexity index is 922. The first-order chi connectivity index (χ1) is 10.7. The van der Waals surface area contributed by atoms with Gasteiger partial charge in [-0.3, -0.25) is 9.78 Å². The highest BCUT2D eigenvalue weighted by Crippen LogP contribution is 2.30. The maximum absolute atomic E-state index is 10.7. The van der Waals surface area contributed by atoms with Crippen LogP contribution in [0, 0.1) is 11.8 Å². The van der Waals surface area contributed by atoms with Crippen LogP contribution in [0.3, 0.4) is 0 Å². The largest absolute Gasteiger partial charge is 0.392 e. The van der Waals surface area contributed by atoms with Crippen LogP contribution in [0.1, 0.15) is 11.1 Å².